The molecule has 1 N–H and O–H groups in total. The molecule has 6 heteroatoms. The first-order valence-electron chi connectivity index (χ1n) is 6.56. The zero-order chi connectivity index (χ0) is 13.6. The van der Waals surface area contributed by atoms with Crippen molar-refractivity contribution in [3.63, 3.8) is 0 Å². The van der Waals surface area contributed by atoms with Crippen LogP contribution in [-0.2, 0) is 14.6 Å². The SMILES string of the molecule is CN(CCCCCO)C(=O)C1CCCCS1(=O)=O. The second kappa shape index (κ2) is 7.09. The first kappa shape index (κ1) is 15.4. The highest BCUT2D eigenvalue weighted by atomic mass is 32.2. The largest absolute Gasteiger partial charge is 0.396 e. The molecule has 1 atom stereocenters. The van der Waals surface area contributed by atoms with Gasteiger partial charge in [0, 0.05) is 20.2 Å². The first-order valence-corrected chi connectivity index (χ1v) is 8.28. The zero-order valence-corrected chi connectivity index (χ0v) is 11.8. The molecule has 0 bridgehead atoms. The Labute approximate surface area is 109 Å². The monoisotopic (exact) mass is 277 g/mol. The number of nitrogens with zero attached hydrogens (tertiary/aromatic N) is 1. The number of aliphatic hydroxyl groups excluding tert-OH is 1. The molecule has 0 spiro atoms. The van der Waals surface area contributed by atoms with Crippen LogP contribution in [0.3, 0.4) is 0 Å². The van der Waals surface area contributed by atoms with Gasteiger partial charge < -0.3 is 10.0 Å². The lowest BCUT2D eigenvalue weighted by molar-refractivity contribution is -0.129. The van der Waals surface area contributed by atoms with Crippen molar-refractivity contribution in [2.75, 3.05) is 26.0 Å². The fourth-order valence-corrected chi connectivity index (χ4v) is 4.13. The van der Waals surface area contributed by atoms with Crippen molar-refractivity contribution in [3.05, 3.63) is 0 Å². The number of sulfone groups is 1. The molecule has 1 heterocycles. The van der Waals surface area contributed by atoms with Crippen LogP contribution in [0.5, 0.6) is 0 Å². The summed E-state index contributed by atoms with van der Waals surface area (Å²) < 4.78 is 23.6. The molecule has 0 aromatic heterocycles. The Morgan fingerprint density at radius 1 is 1.28 bits per heavy atom. The molecule has 0 radical (unpaired) electrons. The highest BCUT2D eigenvalue weighted by molar-refractivity contribution is 7.92. The van der Waals surface area contributed by atoms with E-state index in [1.807, 2.05) is 0 Å². The summed E-state index contributed by atoms with van der Waals surface area (Å²) in [6, 6.07) is 0. The van der Waals surface area contributed by atoms with Crippen LogP contribution in [0.4, 0.5) is 0 Å². The smallest absolute Gasteiger partial charge is 0.240 e. The number of aliphatic hydroxyl groups is 1. The van der Waals surface area contributed by atoms with Gasteiger partial charge >= 0.3 is 0 Å². The van der Waals surface area contributed by atoms with E-state index in [4.69, 9.17) is 5.11 Å². The molecule has 106 valence electrons. The summed E-state index contributed by atoms with van der Waals surface area (Å²) in [6.45, 7) is 0.722. The Balaban J connectivity index is 2.47. The van der Waals surface area contributed by atoms with Crippen molar-refractivity contribution in [1.82, 2.24) is 4.90 Å². The average Bonchev–Trinajstić information content (AvgIpc) is 2.33. The van der Waals surface area contributed by atoms with Crippen LogP contribution in [0.25, 0.3) is 0 Å². The lowest BCUT2D eigenvalue weighted by Crippen LogP contribution is -2.44. The Kier molecular flexibility index (Phi) is 6.08. The third-order valence-corrected chi connectivity index (χ3v) is 5.54. The normalized spacial score (nSPS) is 22.7. The van der Waals surface area contributed by atoms with Crippen LogP contribution >= 0.6 is 0 Å². The number of carbonyl (C=O) groups is 1. The predicted molar refractivity (Wildman–Crippen MR) is 70.0 cm³/mol. The van der Waals surface area contributed by atoms with Gasteiger partial charge in [0.25, 0.3) is 0 Å². The molecule has 1 aliphatic rings. The molecule has 0 aromatic carbocycles. The van der Waals surface area contributed by atoms with E-state index in [0.29, 0.717) is 19.4 Å². The molecule has 1 amide bonds. The number of carbonyl (C=O) groups excluding carboxylic acids is 1. The lowest BCUT2D eigenvalue weighted by Gasteiger charge is -2.26. The predicted octanol–water partition coefficient (Wildman–Crippen LogP) is 0.575. The minimum Gasteiger partial charge on any atom is -0.396 e. The molecule has 1 unspecified atom stereocenters. The molecule has 18 heavy (non-hydrogen) atoms. The molecular weight excluding hydrogens is 254 g/mol. The fourth-order valence-electron chi connectivity index (χ4n) is 2.23. The average molecular weight is 277 g/mol. The minimum atomic E-state index is -3.23. The van der Waals surface area contributed by atoms with Gasteiger partial charge in [-0.25, -0.2) is 8.42 Å². The highest BCUT2D eigenvalue weighted by Crippen LogP contribution is 2.21. The molecule has 5 nitrogen and oxygen atoms in total. The summed E-state index contributed by atoms with van der Waals surface area (Å²) in [7, 11) is -1.58. The third kappa shape index (κ3) is 4.24. The van der Waals surface area contributed by atoms with E-state index in [-0.39, 0.29) is 18.3 Å². The van der Waals surface area contributed by atoms with Gasteiger partial charge in [-0.05, 0) is 32.1 Å². The molecule has 1 fully saturated rings. The number of amides is 1. The first-order chi connectivity index (χ1) is 8.49. The second-order valence-corrected chi connectivity index (χ2v) is 7.20. The number of hydrogen-bond donors (Lipinski definition) is 1. The molecule has 0 aliphatic carbocycles. The summed E-state index contributed by atoms with van der Waals surface area (Å²) in [4.78, 5) is 13.6. The number of rotatable bonds is 6. The van der Waals surface area contributed by atoms with Crippen LogP contribution < -0.4 is 0 Å². The number of hydrogen-bond acceptors (Lipinski definition) is 4. The van der Waals surface area contributed by atoms with Crippen LogP contribution in [0, 0.1) is 0 Å². The van der Waals surface area contributed by atoms with E-state index in [9.17, 15) is 13.2 Å². The van der Waals surface area contributed by atoms with Gasteiger partial charge in [0.1, 0.15) is 5.25 Å². The maximum Gasteiger partial charge on any atom is 0.240 e. The third-order valence-electron chi connectivity index (χ3n) is 3.38. The molecule has 0 aromatic rings. The van der Waals surface area contributed by atoms with E-state index < -0.39 is 15.1 Å². The van der Waals surface area contributed by atoms with Crippen LogP contribution in [0.15, 0.2) is 0 Å². The summed E-state index contributed by atoms with van der Waals surface area (Å²) in [5.41, 5.74) is 0. The number of unbranched alkanes of at least 4 members (excludes halogenated alkanes) is 2. The van der Waals surface area contributed by atoms with Crippen LogP contribution in [0.1, 0.15) is 38.5 Å². The van der Waals surface area contributed by atoms with Crippen LogP contribution in [-0.4, -0.2) is 55.5 Å². The van der Waals surface area contributed by atoms with E-state index in [1.54, 1.807) is 7.05 Å². The molecule has 1 saturated heterocycles. The van der Waals surface area contributed by atoms with Crippen molar-refractivity contribution >= 4 is 15.7 Å². The topological polar surface area (TPSA) is 74.7 Å². The zero-order valence-electron chi connectivity index (χ0n) is 11.0. The maximum atomic E-state index is 12.1. The van der Waals surface area contributed by atoms with E-state index in [1.165, 1.54) is 4.90 Å². The van der Waals surface area contributed by atoms with Crippen LogP contribution in [0.2, 0.25) is 0 Å². The van der Waals surface area contributed by atoms with Gasteiger partial charge in [-0.1, -0.05) is 6.42 Å². The highest BCUT2D eigenvalue weighted by Gasteiger charge is 2.36. The van der Waals surface area contributed by atoms with Gasteiger partial charge in [-0.2, -0.15) is 0 Å². The Morgan fingerprint density at radius 2 is 2.00 bits per heavy atom. The fraction of sp³-hybridized carbons (Fsp3) is 0.917. The van der Waals surface area contributed by atoms with E-state index in [0.717, 1.165) is 25.7 Å². The second-order valence-electron chi connectivity index (χ2n) is 4.90. The van der Waals surface area contributed by atoms with Crippen molar-refractivity contribution in [2.45, 2.75) is 43.8 Å². The summed E-state index contributed by atoms with van der Waals surface area (Å²) in [5.74, 6) is -0.124. The summed E-state index contributed by atoms with van der Waals surface area (Å²) >= 11 is 0. The Hall–Kier alpha value is -0.620. The van der Waals surface area contributed by atoms with Gasteiger partial charge in [-0.3, -0.25) is 4.79 Å². The standard InChI is InChI=1S/C12H23NO4S/c1-13(8-4-2-5-9-14)12(15)11-7-3-6-10-18(11,16)17/h11,14H,2-10H2,1H3. The molecule has 1 aliphatic heterocycles. The van der Waals surface area contributed by atoms with Crippen molar-refractivity contribution in [1.29, 1.82) is 0 Å². The summed E-state index contributed by atoms with van der Waals surface area (Å²) in [6.07, 6.45) is 4.33. The summed E-state index contributed by atoms with van der Waals surface area (Å²) in [5, 5.41) is 7.83. The van der Waals surface area contributed by atoms with Gasteiger partial charge in [0.15, 0.2) is 9.84 Å². The van der Waals surface area contributed by atoms with E-state index >= 15 is 0 Å². The quantitative estimate of drug-likeness (QED) is 0.720. The maximum absolute atomic E-state index is 12.1. The molecule has 1 rings (SSSR count). The minimum absolute atomic E-state index is 0.141. The Bertz CT molecular complexity index is 366. The lowest BCUT2D eigenvalue weighted by atomic mass is 10.1. The van der Waals surface area contributed by atoms with Crippen molar-refractivity contribution < 1.29 is 18.3 Å². The van der Waals surface area contributed by atoms with Gasteiger partial charge in [0.05, 0.1) is 5.75 Å². The Morgan fingerprint density at radius 3 is 2.61 bits per heavy atom. The molecular formula is C12H23NO4S. The van der Waals surface area contributed by atoms with E-state index in [2.05, 4.69) is 0 Å². The van der Waals surface area contributed by atoms with Gasteiger partial charge in [0.2, 0.25) is 5.91 Å². The molecule has 0 saturated carbocycles. The van der Waals surface area contributed by atoms with Crippen molar-refractivity contribution in [3.8, 4) is 0 Å². The van der Waals surface area contributed by atoms with Gasteiger partial charge in [-0.15, -0.1) is 0 Å². The van der Waals surface area contributed by atoms with Crippen molar-refractivity contribution in [2.24, 2.45) is 0 Å².